The van der Waals surface area contributed by atoms with Gasteiger partial charge in [0.2, 0.25) is 5.91 Å². The standard InChI is InChI=1S/C29H23FN2O4/c1-18(33)31-17-20-5-4-7-21(13-20)23-15-22-6-2-3-8-24(22)25(16-23)29(36)32-27-14-19(9-11-26(27)30)10-12-28(34)35/h2-16H,17H2,1H3,(H,31,33)(H,32,36)(H,34,35). The lowest BCUT2D eigenvalue weighted by atomic mass is 9.95. The molecule has 7 heteroatoms. The van der Waals surface area contributed by atoms with Crippen molar-refractivity contribution >= 4 is 40.3 Å². The maximum Gasteiger partial charge on any atom is 0.328 e. The van der Waals surface area contributed by atoms with Crippen molar-refractivity contribution in [3.63, 3.8) is 0 Å². The van der Waals surface area contributed by atoms with Gasteiger partial charge in [-0.2, -0.15) is 0 Å². The number of carboxylic acids is 1. The number of aliphatic carboxylic acids is 1. The summed E-state index contributed by atoms with van der Waals surface area (Å²) in [6.45, 7) is 1.84. The molecule has 0 aliphatic carbocycles. The lowest BCUT2D eigenvalue weighted by Gasteiger charge is -2.13. The Kier molecular flexibility index (Phi) is 7.20. The van der Waals surface area contributed by atoms with Gasteiger partial charge in [-0.05, 0) is 69.4 Å². The fourth-order valence-corrected chi connectivity index (χ4v) is 3.85. The van der Waals surface area contributed by atoms with Crippen LogP contribution in [0.15, 0.2) is 84.9 Å². The van der Waals surface area contributed by atoms with Crippen LogP contribution in [0.1, 0.15) is 28.4 Å². The fraction of sp³-hybridized carbons (Fsp3) is 0.0690. The second-order valence-electron chi connectivity index (χ2n) is 8.22. The summed E-state index contributed by atoms with van der Waals surface area (Å²) < 4.78 is 14.5. The van der Waals surface area contributed by atoms with E-state index < -0.39 is 17.7 Å². The van der Waals surface area contributed by atoms with Crippen LogP contribution in [0.2, 0.25) is 0 Å². The highest BCUT2D eigenvalue weighted by Crippen LogP contribution is 2.29. The lowest BCUT2D eigenvalue weighted by molar-refractivity contribution is -0.131. The van der Waals surface area contributed by atoms with E-state index in [9.17, 15) is 18.8 Å². The molecule has 2 amide bonds. The minimum Gasteiger partial charge on any atom is -0.478 e. The molecule has 4 rings (SSSR count). The summed E-state index contributed by atoms with van der Waals surface area (Å²) in [5.74, 6) is -2.39. The number of carbonyl (C=O) groups excluding carboxylic acids is 2. The monoisotopic (exact) mass is 482 g/mol. The maximum absolute atomic E-state index is 14.5. The Morgan fingerprint density at radius 3 is 2.50 bits per heavy atom. The zero-order chi connectivity index (χ0) is 25.7. The number of benzene rings is 4. The van der Waals surface area contributed by atoms with Crippen LogP contribution in [-0.4, -0.2) is 22.9 Å². The predicted molar refractivity (Wildman–Crippen MR) is 138 cm³/mol. The zero-order valence-corrected chi connectivity index (χ0v) is 19.4. The number of hydrogen-bond donors (Lipinski definition) is 3. The Labute approximate surface area is 207 Å². The molecule has 0 aliphatic heterocycles. The Morgan fingerprint density at radius 2 is 1.72 bits per heavy atom. The Bertz CT molecular complexity index is 1510. The van der Waals surface area contributed by atoms with E-state index in [1.807, 2.05) is 54.6 Å². The van der Waals surface area contributed by atoms with E-state index in [4.69, 9.17) is 5.11 Å². The molecule has 0 aliphatic rings. The predicted octanol–water partition coefficient (Wildman–Crippen LogP) is 5.63. The quantitative estimate of drug-likeness (QED) is 0.298. The summed E-state index contributed by atoms with van der Waals surface area (Å²) in [4.78, 5) is 35.4. The number of hydrogen-bond acceptors (Lipinski definition) is 3. The van der Waals surface area contributed by atoms with Crippen LogP contribution >= 0.6 is 0 Å². The van der Waals surface area contributed by atoms with Gasteiger partial charge >= 0.3 is 5.97 Å². The number of anilines is 1. The molecular formula is C29H23FN2O4. The number of carbonyl (C=O) groups is 3. The molecule has 0 fully saturated rings. The average Bonchev–Trinajstić information content (AvgIpc) is 2.87. The van der Waals surface area contributed by atoms with Crippen molar-refractivity contribution in [1.29, 1.82) is 0 Å². The van der Waals surface area contributed by atoms with E-state index in [1.165, 1.54) is 31.2 Å². The maximum atomic E-state index is 14.5. The van der Waals surface area contributed by atoms with Crippen molar-refractivity contribution in [2.45, 2.75) is 13.5 Å². The lowest BCUT2D eigenvalue weighted by Crippen LogP contribution is -2.18. The number of rotatable bonds is 7. The van der Waals surface area contributed by atoms with Gasteiger partial charge in [0.15, 0.2) is 0 Å². The molecule has 3 N–H and O–H groups in total. The molecule has 0 spiro atoms. The van der Waals surface area contributed by atoms with Crippen LogP contribution in [0, 0.1) is 5.82 Å². The SMILES string of the molecule is CC(=O)NCc1cccc(-c2cc(C(=O)Nc3cc(C=CC(=O)O)ccc3F)c3ccccc3c2)c1. The second-order valence-corrected chi connectivity index (χ2v) is 8.22. The third-order valence-electron chi connectivity index (χ3n) is 5.57. The number of amides is 2. The van der Waals surface area contributed by atoms with Crippen LogP contribution in [0.25, 0.3) is 28.0 Å². The van der Waals surface area contributed by atoms with Crippen LogP contribution in [0.4, 0.5) is 10.1 Å². The first-order valence-electron chi connectivity index (χ1n) is 11.2. The van der Waals surface area contributed by atoms with E-state index in [0.29, 0.717) is 23.1 Å². The van der Waals surface area contributed by atoms with Gasteiger partial charge in [0.25, 0.3) is 5.91 Å². The molecule has 4 aromatic rings. The fourth-order valence-electron chi connectivity index (χ4n) is 3.85. The Hall–Kier alpha value is -4.78. The number of fused-ring (bicyclic) bond motifs is 1. The molecule has 6 nitrogen and oxygen atoms in total. The van der Waals surface area contributed by atoms with Crippen molar-refractivity contribution in [3.8, 4) is 11.1 Å². The number of halogens is 1. The topological polar surface area (TPSA) is 95.5 Å². The van der Waals surface area contributed by atoms with Gasteiger partial charge in [0, 0.05) is 25.1 Å². The number of nitrogens with one attached hydrogen (secondary N) is 2. The Morgan fingerprint density at radius 1 is 0.917 bits per heavy atom. The van der Waals surface area contributed by atoms with Crippen molar-refractivity contribution < 1.29 is 23.9 Å². The molecule has 0 saturated carbocycles. The molecule has 0 radical (unpaired) electrons. The smallest absolute Gasteiger partial charge is 0.328 e. The summed E-state index contributed by atoms with van der Waals surface area (Å²) >= 11 is 0. The highest BCUT2D eigenvalue weighted by molar-refractivity contribution is 6.14. The van der Waals surface area contributed by atoms with Crippen LogP contribution < -0.4 is 10.6 Å². The highest BCUT2D eigenvalue weighted by Gasteiger charge is 2.15. The normalized spacial score (nSPS) is 10.9. The largest absolute Gasteiger partial charge is 0.478 e. The van der Waals surface area contributed by atoms with Gasteiger partial charge in [-0.25, -0.2) is 9.18 Å². The molecule has 0 aromatic heterocycles. The first-order valence-corrected chi connectivity index (χ1v) is 11.2. The van der Waals surface area contributed by atoms with E-state index in [1.54, 1.807) is 6.07 Å². The molecule has 0 atom stereocenters. The first-order chi connectivity index (χ1) is 17.3. The highest BCUT2D eigenvalue weighted by atomic mass is 19.1. The molecule has 36 heavy (non-hydrogen) atoms. The summed E-state index contributed by atoms with van der Waals surface area (Å²) in [5, 5.41) is 15.8. The third kappa shape index (κ3) is 5.82. The molecule has 4 aromatic carbocycles. The molecule has 0 heterocycles. The van der Waals surface area contributed by atoms with Gasteiger partial charge in [-0.3, -0.25) is 9.59 Å². The van der Waals surface area contributed by atoms with Crippen LogP contribution in [-0.2, 0) is 16.1 Å². The third-order valence-corrected chi connectivity index (χ3v) is 5.57. The van der Waals surface area contributed by atoms with Crippen molar-refractivity contribution in [2.75, 3.05) is 5.32 Å². The van der Waals surface area contributed by atoms with Gasteiger partial charge in [0.05, 0.1) is 5.69 Å². The van der Waals surface area contributed by atoms with E-state index >= 15 is 0 Å². The van der Waals surface area contributed by atoms with Gasteiger partial charge < -0.3 is 15.7 Å². The van der Waals surface area contributed by atoms with Crippen molar-refractivity contribution in [3.05, 3.63) is 107 Å². The molecule has 0 saturated heterocycles. The van der Waals surface area contributed by atoms with Crippen molar-refractivity contribution in [1.82, 2.24) is 5.32 Å². The van der Waals surface area contributed by atoms with E-state index in [0.717, 1.165) is 28.2 Å². The summed E-state index contributed by atoms with van der Waals surface area (Å²) in [6, 6.07) is 22.8. The Balaban J connectivity index is 1.71. The van der Waals surface area contributed by atoms with Crippen LogP contribution in [0.3, 0.4) is 0 Å². The van der Waals surface area contributed by atoms with Crippen molar-refractivity contribution in [2.24, 2.45) is 0 Å². The molecule has 0 bridgehead atoms. The first kappa shape index (κ1) is 24.3. The average molecular weight is 483 g/mol. The summed E-state index contributed by atoms with van der Waals surface area (Å²) in [5.41, 5.74) is 3.31. The molecular weight excluding hydrogens is 459 g/mol. The minimum atomic E-state index is -1.13. The van der Waals surface area contributed by atoms with E-state index in [2.05, 4.69) is 10.6 Å². The minimum absolute atomic E-state index is 0.0562. The second kappa shape index (κ2) is 10.7. The van der Waals surface area contributed by atoms with E-state index in [-0.39, 0.29) is 11.6 Å². The van der Waals surface area contributed by atoms with Crippen LogP contribution in [0.5, 0.6) is 0 Å². The van der Waals surface area contributed by atoms with Gasteiger partial charge in [-0.1, -0.05) is 48.5 Å². The number of carboxylic acid groups (broad SMARTS) is 1. The van der Waals surface area contributed by atoms with Gasteiger partial charge in [0.1, 0.15) is 5.82 Å². The summed E-state index contributed by atoms with van der Waals surface area (Å²) in [6.07, 6.45) is 2.26. The molecule has 0 unspecified atom stereocenters. The molecule has 180 valence electrons. The van der Waals surface area contributed by atoms with Gasteiger partial charge in [-0.15, -0.1) is 0 Å². The summed E-state index contributed by atoms with van der Waals surface area (Å²) in [7, 11) is 0. The zero-order valence-electron chi connectivity index (χ0n) is 19.4.